The molecule has 5 heteroatoms. The number of nitrogens with zero attached hydrogens (tertiary/aromatic N) is 1. The third kappa shape index (κ3) is 1.93. The first kappa shape index (κ1) is 11.0. The number of fused-ring (bicyclic) bond motifs is 1. The van der Waals surface area contributed by atoms with Crippen molar-refractivity contribution in [2.45, 2.75) is 44.8 Å². The van der Waals surface area contributed by atoms with Crippen LogP contribution < -0.4 is 10.9 Å². The first-order valence-electron chi connectivity index (χ1n) is 6.39. The molecule has 0 saturated carbocycles. The van der Waals surface area contributed by atoms with Gasteiger partial charge in [0, 0.05) is 31.4 Å². The normalized spacial score (nSPS) is 25.8. The first-order valence-corrected chi connectivity index (χ1v) is 6.39. The lowest BCUT2D eigenvalue weighted by Crippen LogP contribution is -2.35. The number of hydrogen-bond acceptors (Lipinski definition) is 3. The van der Waals surface area contributed by atoms with E-state index >= 15 is 0 Å². The van der Waals surface area contributed by atoms with Crippen molar-refractivity contribution in [3.8, 4) is 0 Å². The fraction of sp³-hybridized carbons (Fsp3) is 0.750. The zero-order valence-electron chi connectivity index (χ0n) is 10.2. The molecule has 5 nitrogen and oxygen atoms in total. The molecule has 3 rings (SSSR count). The van der Waals surface area contributed by atoms with Crippen LogP contribution in [0, 0.1) is 0 Å². The van der Waals surface area contributed by atoms with Crippen LogP contribution in [0.1, 0.15) is 37.1 Å². The van der Waals surface area contributed by atoms with E-state index in [2.05, 4.69) is 17.3 Å². The van der Waals surface area contributed by atoms with E-state index in [1.165, 1.54) is 0 Å². The maximum atomic E-state index is 12.3. The number of hydrogen-bond donors (Lipinski definition) is 2. The molecule has 94 valence electrons. The molecule has 0 aliphatic carbocycles. The predicted molar refractivity (Wildman–Crippen MR) is 64.1 cm³/mol. The van der Waals surface area contributed by atoms with E-state index in [-0.39, 0.29) is 11.6 Å². The van der Waals surface area contributed by atoms with Crippen LogP contribution in [0.15, 0.2) is 4.79 Å². The second-order valence-corrected chi connectivity index (χ2v) is 5.07. The lowest BCUT2D eigenvalue weighted by molar-refractivity contribution is 0.0652. The van der Waals surface area contributed by atoms with Crippen molar-refractivity contribution in [3.05, 3.63) is 21.6 Å². The van der Waals surface area contributed by atoms with Crippen LogP contribution in [0.25, 0.3) is 0 Å². The number of ether oxygens (including phenoxy) is 1. The van der Waals surface area contributed by atoms with Crippen molar-refractivity contribution >= 4 is 0 Å². The number of aromatic nitrogens is 2. The molecule has 1 aromatic rings. The van der Waals surface area contributed by atoms with Gasteiger partial charge in [-0.1, -0.05) is 0 Å². The highest BCUT2D eigenvalue weighted by Gasteiger charge is 2.25. The van der Waals surface area contributed by atoms with Gasteiger partial charge in [0.25, 0.3) is 5.56 Å². The summed E-state index contributed by atoms with van der Waals surface area (Å²) in [4.78, 5) is 12.3. The number of H-pyrrole nitrogens is 1. The van der Waals surface area contributed by atoms with Gasteiger partial charge in [0.2, 0.25) is 0 Å². The lowest BCUT2D eigenvalue weighted by Gasteiger charge is -2.22. The standard InChI is InChI=1S/C12H19N3O2/c1-8-6-10-11(7-13-8)14-15(12(10)16)9-2-4-17-5-3-9/h8-9,13-14H,2-7H2,1H3. The molecule has 0 spiro atoms. The van der Waals surface area contributed by atoms with Gasteiger partial charge in [-0.15, -0.1) is 0 Å². The highest BCUT2D eigenvalue weighted by Crippen LogP contribution is 2.20. The smallest absolute Gasteiger partial charge is 0.270 e. The summed E-state index contributed by atoms with van der Waals surface area (Å²) in [7, 11) is 0. The number of nitrogens with one attached hydrogen (secondary N) is 2. The third-order valence-electron chi connectivity index (χ3n) is 3.79. The minimum absolute atomic E-state index is 0.181. The van der Waals surface area contributed by atoms with E-state index < -0.39 is 0 Å². The summed E-state index contributed by atoms with van der Waals surface area (Å²) in [6.45, 7) is 4.42. The summed E-state index contributed by atoms with van der Waals surface area (Å²) in [6, 6.07) is 0.686. The highest BCUT2D eigenvalue weighted by molar-refractivity contribution is 5.21. The molecular formula is C12H19N3O2. The topological polar surface area (TPSA) is 59.0 Å². The Labute approximate surface area is 100 Å². The van der Waals surface area contributed by atoms with Gasteiger partial charge in [-0.2, -0.15) is 0 Å². The van der Waals surface area contributed by atoms with Crippen LogP contribution in [0.5, 0.6) is 0 Å². The van der Waals surface area contributed by atoms with Gasteiger partial charge >= 0.3 is 0 Å². The average molecular weight is 237 g/mol. The molecule has 0 bridgehead atoms. The summed E-state index contributed by atoms with van der Waals surface area (Å²) < 4.78 is 7.16. The van der Waals surface area contributed by atoms with Gasteiger partial charge in [-0.05, 0) is 26.2 Å². The van der Waals surface area contributed by atoms with Gasteiger partial charge in [0.1, 0.15) is 0 Å². The Hall–Kier alpha value is -1.07. The van der Waals surface area contributed by atoms with Gasteiger partial charge in [-0.25, -0.2) is 4.68 Å². The zero-order chi connectivity index (χ0) is 11.8. The number of rotatable bonds is 1. The van der Waals surface area contributed by atoms with E-state index in [0.717, 1.165) is 50.3 Å². The van der Waals surface area contributed by atoms with E-state index in [4.69, 9.17) is 4.74 Å². The Morgan fingerprint density at radius 3 is 2.88 bits per heavy atom. The zero-order valence-corrected chi connectivity index (χ0v) is 10.2. The van der Waals surface area contributed by atoms with Crippen LogP contribution in [-0.4, -0.2) is 29.0 Å². The fourth-order valence-corrected chi connectivity index (χ4v) is 2.75. The lowest BCUT2D eigenvalue weighted by atomic mass is 10.0. The molecule has 0 amide bonds. The maximum Gasteiger partial charge on any atom is 0.270 e. The molecule has 0 aromatic carbocycles. The van der Waals surface area contributed by atoms with E-state index in [1.807, 2.05) is 4.68 Å². The molecule has 1 saturated heterocycles. The molecule has 2 N–H and O–H groups in total. The monoisotopic (exact) mass is 237 g/mol. The highest BCUT2D eigenvalue weighted by atomic mass is 16.5. The van der Waals surface area contributed by atoms with E-state index in [1.54, 1.807) is 0 Å². The van der Waals surface area contributed by atoms with Crippen molar-refractivity contribution in [1.82, 2.24) is 15.1 Å². The molecule has 2 aliphatic rings. The van der Waals surface area contributed by atoms with E-state index in [0.29, 0.717) is 6.04 Å². The van der Waals surface area contributed by atoms with Gasteiger partial charge < -0.3 is 10.1 Å². The van der Waals surface area contributed by atoms with Crippen molar-refractivity contribution in [2.75, 3.05) is 13.2 Å². The minimum atomic E-state index is 0.181. The van der Waals surface area contributed by atoms with E-state index in [9.17, 15) is 4.79 Å². The largest absolute Gasteiger partial charge is 0.381 e. The predicted octanol–water partition coefficient (Wildman–Crippen LogP) is 0.562. The number of aromatic amines is 1. The summed E-state index contributed by atoms with van der Waals surface area (Å²) in [5.41, 5.74) is 2.22. The van der Waals surface area contributed by atoms with Gasteiger partial charge in [0.15, 0.2) is 0 Å². The van der Waals surface area contributed by atoms with Crippen LogP contribution in [0.4, 0.5) is 0 Å². The Bertz CT molecular complexity index is 457. The summed E-state index contributed by atoms with van der Waals surface area (Å²) >= 11 is 0. The molecule has 3 heterocycles. The van der Waals surface area contributed by atoms with Crippen LogP contribution in [0.2, 0.25) is 0 Å². The third-order valence-corrected chi connectivity index (χ3v) is 3.79. The average Bonchev–Trinajstić information content (AvgIpc) is 2.68. The molecule has 17 heavy (non-hydrogen) atoms. The van der Waals surface area contributed by atoms with Gasteiger partial charge in [-0.3, -0.25) is 9.89 Å². The SMILES string of the molecule is CC1Cc2c([nH]n(C3CCOCC3)c2=O)CN1. The maximum absolute atomic E-state index is 12.3. The second-order valence-electron chi connectivity index (χ2n) is 5.07. The minimum Gasteiger partial charge on any atom is -0.381 e. The van der Waals surface area contributed by atoms with Crippen molar-refractivity contribution < 1.29 is 4.74 Å². The molecule has 2 aliphatic heterocycles. The summed E-state index contributed by atoms with van der Waals surface area (Å²) in [5, 5.41) is 6.65. The molecule has 1 unspecified atom stereocenters. The molecule has 1 atom stereocenters. The fourth-order valence-electron chi connectivity index (χ4n) is 2.75. The Kier molecular flexibility index (Phi) is 2.80. The molecule has 1 fully saturated rings. The molecule has 1 aromatic heterocycles. The van der Waals surface area contributed by atoms with Crippen molar-refractivity contribution in [1.29, 1.82) is 0 Å². The Balaban J connectivity index is 1.93. The molecular weight excluding hydrogens is 218 g/mol. The van der Waals surface area contributed by atoms with Gasteiger partial charge in [0.05, 0.1) is 11.7 Å². The van der Waals surface area contributed by atoms with Crippen LogP contribution >= 0.6 is 0 Å². The Morgan fingerprint density at radius 1 is 1.35 bits per heavy atom. The second kappa shape index (κ2) is 4.31. The quantitative estimate of drug-likeness (QED) is 0.750. The summed E-state index contributed by atoms with van der Waals surface area (Å²) in [5.74, 6) is 0. The molecule has 0 radical (unpaired) electrons. The Morgan fingerprint density at radius 2 is 2.12 bits per heavy atom. The van der Waals surface area contributed by atoms with Crippen molar-refractivity contribution in [2.24, 2.45) is 0 Å². The van der Waals surface area contributed by atoms with Crippen LogP contribution in [0.3, 0.4) is 0 Å². The van der Waals surface area contributed by atoms with Crippen LogP contribution in [-0.2, 0) is 17.7 Å². The first-order chi connectivity index (χ1) is 8.25. The summed E-state index contributed by atoms with van der Waals surface area (Å²) in [6.07, 6.45) is 2.70. The van der Waals surface area contributed by atoms with Crippen molar-refractivity contribution in [3.63, 3.8) is 0 Å².